The van der Waals surface area contributed by atoms with E-state index in [1.807, 2.05) is 12.3 Å². The Morgan fingerprint density at radius 1 is 0.811 bits per heavy atom. The molecule has 1 atom stereocenters. The molecule has 3 rings (SSSR count). The summed E-state index contributed by atoms with van der Waals surface area (Å²) in [5.74, 6) is 2.58. The Bertz CT molecular complexity index is 871. The average molecular weight is 501 g/mol. The summed E-state index contributed by atoms with van der Waals surface area (Å²) in [6.07, 6.45) is 27.8. The molecule has 0 aromatic heterocycles. The summed E-state index contributed by atoms with van der Waals surface area (Å²) in [5, 5.41) is 0. The Balaban J connectivity index is 1.16. The maximum atomic E-state index is 5.70. The maximum absolute atomic E-state index is 5.70. The van der Waals surface area contributed by atoms with E-state index in [-0.39, 0.29) is 0 Å². The second-order valence-electron chi connectivity index (χ2n) is 11.5. The molecule has 0 N–H and O–H groups in total. The Kier molecular flexibility index (Phi) is 14.3. The van der Waals surface area contributed by atoms with Crippen LogP contribution in [0.25, 0.3) is 6.08 Å². The second kappa shape index (κ2) is 18.1. The summed E-state index contributed by atoms with van der Waals surface area (Å²) in [5.41, 5.74) is 4.07. The van der Waals surface area contributed by atoms with Crippen LogP contribution in [0.2, 0.25) is 0 Å². The molecule has 1 unspecified atom stereocenters. The molecule has 1 aliphatic rings. The number of benzene rings is 2. The van der Waals surface area contributed by atoms with Crippen molar-refractivity contribution in [3.8, 4) is 0 Å². The van der Waals surface area contributed by atoms with Gasteiger partial charge in [-0.3, -0.25) is 0 Å². The molecule has 1 fully saturated rings. The van der Waals surface area contributed by atoms with Crippen LogP contribution >= 0.6 is 0 Å². The lowest BCUT2D eigenvalue weighted by molar-refractivity contribution is 0.233. The Morgan fingerprint density at radius 2 is 1.49 bits per heavy atom. The third-order valence-corrected chi connectivity index (χ3v) is 8.16. The number of unbranched alkanes of at least 4 members (excludes halogenated alkanes) is 3. The van der Waals surface area contributed by atoms with Gasteiger partial charge in [-0.25, -0.2) is 0 Å². The summed E-state index contributed by atoms with van der Waals surface area (Å²) in [7, 11) is 0. The number of hydrogen-bond acceptors (Lipinski definition) is 1. The van der Waals surface area contributed by atoms with Gasteiger partial charge in [-0.05, 0) is 66.2 Å². The summed E-state index contributed by atoms with van der Waals surface area (Å²) in [6.45, 7) is 5.21. The van der Waals surface area contributed by atoms with Gasteiger partial charge in [-0.1, -0.05) is 145 Å². The van der Waals surface area contributed by atoms with Crippen molar-refractivity contribution < 1.29 is 4.74 Å². The smallest absolute Gasteiger partial charge is 0.112 e. The van der Waals surface area contributed by atoms with Crippen LogP contribution in [0.1, 0.15) is 114 Å². The standard InChI is InChI=1S/C36H52O/c1-3-4-6-14-32-20-22-34(23-21-32)16-11-12-17-35-26-24-33(25-27-35)15-10-9-13-31(2)28-29-37-30-36-18-7-5-8-19-36/h5-8,14,18-23,28-29,31,33,35H,3-4,9-13,15-17,24-27,30H2,1-2H3/b14-6+,29-28+. The molecule has 2 aromatic rings. The minimum Gasteiger partial charge on any atom is -0.497 e. The van der Waals surface area contributed by atoms with E-state index in [9.17, 15) is 0 Å². The van der Waals surface area contributed by atoms with Gasteiger partial charge in [0.1, 0.15) is 6.61 Å². The normalized spacial score (nSPS) is 19.0. The van der Waals surface area contributed by atoms with Crippen molar-refractivity contribution in [2.24, 2.45) is 17.8 Å². The van der Waals surface area contributed by atoms with Crippen LogP contribution in [-0.2, 0) is 17.8 Å². The van der Waals surface area contributed by atoms with Gasteiger partial charge in [0.15, 0.2) is 0 Å². The fourth-order valence-electron chi connectivity index (χ4n) is 5.66. The van der Waals surface area contributed by atoms with Crippen molar-refractivity contribution >= 4 is 6.08 Å². The fourth-order valence-corrected chi connectivity index (χ4v) is 5.66. The summed E-state index contributed by atoms with van der Waals surface area (Å²) in [6, 6.07) is 19.6. The van der Waals surface area contributed by atoms with Gasteiger partial charge >= 0.3 is 0 Å². The molecule has 0 bridgehead atoms. The van der Waals surface area contributed by atoms with Crippen molar-refractivity contribution in [2.45, 2.75) is 110 Å². The van der Waals surface area contributed by atoms with Crippen LogP contribution in [0.15, 0.2) is 73.0 Å². The lowest BCUT2D eigenvalue weighted by atomic mass is 9.78. The van der Waals surface area contributed by atoms with E-state index in [0.717, 1.165) is 11.8 Å². The molecule has 0 aliphatic heterocycles. The number of ether oxygens (including phenoxy) is 1. The minimum atomic E-state index is 0.604. The topological polar surface area (TPSA) is 9.23 Å². The van der Waals surface area contributed by atoms with Gasteiger partial charge in [0.25, 0.3) is 0 Å². The van der Waals surface area contributed by atoms with E-state index >= 15 is 0 Å². The molecular weight excluding hydrogens is 448 g/mol. The number of aryl methyl sites for hydroxylation is 1. The predicted octanol–water partition coefficient (Wildman–Crippen LogP) is 10.9. The van der Waals surface area contributed by atoms with E-state index < -0.39 is 0 Å². The Hall–Kier alpha value is -2.28. The van der Waals surface area contributed by atoms with Crippen molar-refractivity contribution in [2.75, 3.05) is 0 Å². The van der Waals surface area contributed by atoms with Crippen molar-refractivity contribution in [1.29, 1.82) is 0 Å². The molecule has 0 radical (unpaired) electrons. The highest BCUT2D eigenvalue weighted by Crippen LogP contribution is 2.34. The zero-order valence-corrected chi connectivity index (χ0v) is 23.8. The first-order chi connectivity index (χ1) is 18.2. The first-order valence-corrected chi connectivity index (χ1v) is 15.3. The Labute approximate surface area is 228 Å². The van der Waals surface area contributed by atoms with E-state index in [0.29, 0.717) is 12.5 Å². The molecule has 1 nitrogen and oxygen atoms in total. The van der Waals surface area contributed by atoms with Gasteiger partial charge in [-0.2, -0.15) is 0 Å². The zero-order chi connectivity index (χ0) is 26.0. The highest BCUT2D eigenvalue weighted by Gasteiger charge is 2.20. The molecule has 0 spiro atoms. The number of hydrogen-bond donors (Lipinski definition) is 0. The molecule has 37 heavy (non-hydrogen) atoms. The summed E-state index contributed by atoms with van der Waals surface area (Å²) in [4.78, 5) is 0. The minimum absolute atomic E-state index is 0.604. The van der Waals surface area contributed by atoms with Crippen LogP contribution < -0.4 is 0 Å². The third-order valence-electron chi connectivity index (χ3n) is 8.16. The molecular formula is C36H52O. The average Bonchev–Trinajstić information content (AvgIpc) is 2.94. The van der Waals surface area contributed by atoms with Gasteiger partial charge in [0, 0.05) is 0 Å². The Morgan fingerprint density at radius 3 is 2.16 bits per heavy atom. The largest absolute Gasteiger partial charge is 0.497 e. The second-order valence-corrected chi connectivity index (χ2v) is 11.5. The van der Waals surface area contributed by atoms with Gasteiger partial charge < -0.3 is 4.74 Å². The monoisotopic (exact) mass is 500 g/mol. The SMILES string of the molecule is CCC/C=C/c1ccc(CCCCC2CCC(CCCCC(C)/C=C/OCc3ccccc3)CC2)cc1. The van der Waals surface area contributed by atoms with Crippen LogP contribution in [-0.4, -0.2) is 0 Å². The molecule has 1 heteroatoms. The van der Waals surface area contributed by atoms with Crippen LogP contribution in [0.5, 0.6) is 0 Å². The van der Waals surface area contributed by atoms with Crippen LogP contribution in [0.4, 0.5) is 0 Å². The van der Waals surface area contributed by atoms with Crippen molar-refractivity contribution in [1.82, 2.24) is 0 Å². The molecule has 202 valence electrons. The lowest BCUT2D eigenvalue weighted by Crippen LogP contribution is -2.14. The number of rotatable bonds is 17. The predicted molar refractivity (Wildman–Crippen MR) is 161 cm³/mol. The molecule has 1 aliphatic carbocycles. The quantitative estimate of drug-likeness (QED) is 0.155. The highest BCUT2D eigenvalue weighted by atomic mass is 16.5. The summed E-state index contributed by atoms with van der Waals surface area (Å²) >= 11 is 0. The third kappa shape index (κ3) is 12.7. The molecule has 2 aromatic carbocycles. The zero-order valence-electron chi connectivity index (χ0n) is 23.8. The van der Waals surface area contributed by atoms with Crippen LogP contribution in [0, 0.1) is 17.8 Å². The van der Waals surface area contributed by atoms with Gasteiger partial charge in [-0.15, -0.1) is 0 Å². The van der Waals surface area contributed by atoms with Crippen LogP contribution in [0.3, 0.4) is 0 Å². The molecule has 1 saturated carbocycles. The highest BCUT2D eigenvalue weighted by molar-refractivity contribution is 5.49. The van der Waals surface area contributed by atoms with E-state index in [4.69, 9.17) is 4.74 Å². The lowest BCUT2D eigenvalue weighted by Gasteiger charge is -2.28. The van der Waals surface area contributed by atoms with Gasteiger partial charge in [0.2, 0.25) is 0 Å². The van der Waals surface area contributed by atoms with Gasteiger partial charge in [0.05, 0.1) is 6.26 Å². The maximum Gasteiger partial charge on any atom is 0.112 e. The fraction of sp³-hybridized carbons (Fsp3) is 0.556. The number of allylic oxidation sites excluding steroid dienone is 2. The van der Waals surface area contributed by atoms with E-state index in [2.05, 4.69) is 80.6 Å². The molecule has 0 amide bonds. The molecule has 0 heterocycles. The first-order valence-electron chi connectivity index (χ1n) is 15.3. The van der Waals surface area contributed by atoms with E-state index in [1.54, 1.807) is 0 Å². The first kappa shape index (κ1) is 29.3. The summed E-state index contributed by atoms with van der Waals surface area (Å²) < 4.78 is 5.70. The van der Waals surface area contributed by atoms with E-state index in [1.165, 1.54) is 107 Å². The van der Waals surface area contributed by atoms with Crippen molar-refractivity contribution in [3.63, 3.8) is 0 Å². The van der Waals surface area contributed by atoms with Crippen molar-refractivity contribution in [3.05, 3.63) is 89.7 Å². The molecule has 0 saturated heterocycles.